The van der Waals surface area contributed by atoms with Gasteiger partial charge in [0, 0.05) is 17.5 Å². The van der Waals surface area contributed by atoms with Crippen LogP contribution in [0.1, 0.15) is 35.1 Å². The average molecular weight is 277 g/mol. The van der Waals surface area contributed by atoms with Gasteiger partial charge in [0.1, 0.15) is 0 Å². The molecule has 0 spiro atoms. The summed E-state index contributed by atoms with van der Waals surface area (Å²) in [5, 5.41) is 0. The Morgan fingerprint density at radius 1 is 1.00 bits per heavy atom. The number of benzene rings is 2. The minimum absolute atomic E-state index is 0.0330. The molecule has 0 saturated heterocycles. The molecule has 0 radical (unpaired) electrons. The van der Waals surface area contributed by atoms with Crippen LogP contribution >= 0.6 is 0 Å². The van der Waals surface area contributed by atoms with E-state index in [0.29, 0.717) is 0 Å². The van der Waals surface area contributed by atoms with Gasteiger partial charge in [-0.05, 0) is 30.0 Å². The van der Waals surface area contributed by atoms with Gasteiger partial charge in [-0.2, -0.15) is 0 Å². The van der Waals surface area contributed by atoms with Crippen LogP contribution in [0.3, 0.4) is 0 Å². The summed E-state index contributed by atoms with van der Waals surface area (Å²) >= 11 is 0. The first-order chi connectivity index (χ1) is 9.59. The molecule has 1 aliphatic rings. The van der Waals surface area contributed by atoms with Gasteiger partial charge < -0.3 is 5.73 Å². The topological polar surface area (TPSA) is 26.0 Å². The maximum atomic E-state index is 13.8. The summed E-state index contributed by atoms with van der Waals surface area (Å²) in [5.74, 6) is -3.89. The first-order valence-corrected chi connectivity index (χ1v) is 6.56. The number of rotatable bonds is 2. The van der Waals surface area contributed by atoms with Crippen LogP contribution in [0.25, 0.3) is 0 Å². The molecule has 1 aliphatic carbocycles. The van der Waals surface area contributed by atoms with Crippen molar-refractivity contribution < 1.29 is 13.2 Å². The fourth-order valence-electron chi connectivity index (χ4n) is 2.98. The number of halogens is 3. The van der Waals surface area contributed by atoms with Crippen molar-refractivity contribution in [2.45, 2.75) is 24.8 Å². The average Bonchev–Trinajstić information content (AvgIpc) is 2.88. The summed E-state index contributed by atoms with van der Waals surface area (Å²) in [4.78, 5) is 0. The lowest BCUT2D eigenvalue weighted by Crippen LogP contribution is -2.20. The van der Waals surface area contributed by atoms with Crippen LogP contribution in [0.5, 0.6) is 0 Å². The van der Waals surface area contributed by atoms with Crippen molar-refractivity contribution in [2.75, 3.05) is 0 Å². The second-order valence-corrected chi connectivity index (χ2v) is 5.13. The van der Waals surface area contributed by atoms with E-state index in [0.717, 1.165) is 24.5 Å². The summed E-state index contributed by atoms with van der Waals surface area (Å²) in [7, 11) is 0. The maximum Gasteiger partial charge on any atom is 0.194 e. The van der Waals surface area contributed by atoms with E-state index in [9.17, 15) is 13.2 Å². The van der Waals surface area contributed by atoms with E-state index in [2.05, 4.69) is 0 Å². The number of aryl methyl sites for hydroxylation is 1. The Balaban J connectivity index is 1.99. The monoisotopic (exact) mass is 277 g/mol. The largest absolute Gasteiger partial charge is 0.323 e. The molecular formula is C16H14F3N. The Bertz CT molecular complexity index is 654. The van der Waals surface area contributed by atoms with Gasteiger partial charge in [-0.3, -0.25) is 0 Å². The van der Waals surface area contributed by atoms with Gasteiger partial charge in [0.25, 0.3) is 0 Å². The van der Waals surface area contributed by atoms with Crippen molar-refractivity contribution >= 4 is 0 Å². The smallest absolute Gasteiger partial charge is 0.194 e. The predicted molar refractivity (Wildman–Crippen MR) is 70.7 cm³/mol. The van der Waals surface area contributed by atoms with Crippen molar-refractivity contribution in [3.05, 3.63) is 70.5 Å². The molecule has 0 aromatic heterocycles. The van der Waals surface area contributed by atoms with E-state index in [1.165, 1.54) is 11.6 Å². The maximum absolute atomic E-state index is 13.8. The highest BCUT2D eigenvalue weighted by Gasteiger charge is 2.30. The summed E-state index contributed by atoms with van der Waals surface area (Å²) in [5.41, 5.74) is 8.40. The van der Waals surface area contributed by atoms with Crippen LogP contribution in [0.15, 0.2) is 36.4 Å². The molecule has 0 fully saturated rings. The fraction of sp³-hybridized carbons (Fsp3) is 0.250. The zero-order valence-electron chi connectivity index (χ0n) is 10.7. The van der Waals surface area contributed by atoms with Crippen LogP contribution in [0.4, 0.5) is 13.2 Å². The molecule has 20 heavy (non-hydrogen) atoms. The van der Waals surface area contributed by atoms with E-state index < -0.39 is 23.5 Å². The molecule has 0 heterocycles. The van der Waals surface area contributed by atoms with Crippen LogP contribution < -0.4 is 5.73 Å². The van der Waals surface area contributed by atoms with Crippen LogP contribution in [-0.4, -0.2) is 0 Å². The third-order valence-corrected chi connectivity index (χ3v) is 4.04. The molecule has 2 aromatic carbocycles. The standard InChI is InChI=1S/C16H14F3N/c17-13-8-7-12(14(18)15(13)19)16(20)11-6-5-9-3-1-2-4-10(9)11/h1-4,7-8,11,16H,5-6,20H2. The van der Waals surface area contributed by atoms with Gasteiger partial charge in [0.15, 0.2) is 17.5 Å². The molecule has 0 bridgehead atoms. The lowest BCUT2D eigenvalue weighted by molar-refractivity contribution is 0.426. The highest BCUT2D eigenvalue weighted by atomic mass is 19.2. The molecule has 2 unspecified atom stereocenters. The van der Waals surface area contributed by atoms with E-state index in [1.54, 1.807) is 0 Å². The summed E-state index contributed by atoms with van der Waals surface area (Å²) in [6, 6.07) is 9.33. The summed E-state index contributed by atoms with van der Waals surface area (Å²) < 4.78 is 40.2. The number of hydrogen-bond donors (Lipinski definition) is 1. The Kier molecular flexibility index (Phi) is 3.26. The molecular weight excluding hydrogens is 263 g/mol. The molecule has 104 valence electrons. The Hall–Kier alpha value is -1.81. The molecule has 2 atom stereocenters. The van der Waals surface area contributed by atoms with Gasteiger partial charge in [-0.15, -0.1) is 0 Å². The number of nitrogens with two attached hydrogens (primary N) is 1. The third kappa shape index (κ3) is 2.00. The second kappa shape index (κ2) is 4.94. The molecule has 4 heteroatoms. The third-order valence-electron chi connectivity index (χ3n) is 4.04. The van der Waals surface area contributed by atoms with Crippen molar-refractivity contribution in [3.63, 3.8) is 0 Å². The molecule has 2 N–H and O–H groups in total. The van der Waals surface area contributed by atoms with E-state index in [-0.39, 0.29) is 11.5 Å². The van der Waals surface area contributed by atoms with Gasteiger partial charge in [0.2, 0.25) is 0 Å². The quantitative estimate of drug-likeness (QED) is 0.829. The fourth-order valence-corrected chi connectivity index (χ4v) is 2.98. The molecule has 1 nitrogen and oxygen atoms in total. The van der Waals surface area contributed by atoms with Crippen molar-refractivity contribution in [1.82, 2.24) is 0 Å². The van der Waals surface area contributed by atoms with Gasteiger partial charge in [-0.1, -0.05) is 30.3 Å². The Morgan fingerprint density at radius 3 is 2.55 bits per heavy atom. The zero-order valence-corrected chi connectivity index (χ0v) is 10.7. The number of hydrogen-bond acceptors (Lipinski definition) is 1. The lowest BCUT2D eigenvalue weighted by Gasteiger charge is -2.21. The van der Waals surface area contributed by atoms with Crippen molar-refractivity contribution in [1.29, 1.82) is 0 Å². The van der Waals surface area contributed by atoms with Crippen molar-refractivity contribution in [2.24, 2.45) is 5.73 Å². The number of fused-ring (bicyclic) bond motifs is 1. The SMILES string of the molecule is NC(c1ccc(F)c(F)c1F)C1CCc2ccccc21. The van der Waals surface area contributed by atoms with E-state index in [1.807, 2.05) is 24.3 Å². The lowest BCUT2D eigenvalue weighted by atomic mass is 9.88. The highest BCUT2D eigenvalue weighted by Crippen LogP contribution is 2.41. The van der Waals surface area contributed by atoms with E-state index in [4.69, 9.17) is 5.73 Å². The van der Waals surface area contributed by atoms with Gasteiger partial charge in [-0.25, -0.2) is 13.2 Å². The van der Waals surface area contributed by atoms with Crippen LogP contribution in [0.2, 0.25) is 0 Å². The van der Waals surface area contributed by atoms with Crippen LogP contribution in [-0.2, 0) is 6.42 Å². The minimum Gasteiger partial charge on any atom is -0.323 e. The van der Waals surface area contributed by atoms with E-state index >= 15 is 0 Å². The molecule has 0 saturated carbocycles. The molecule has 3 rings (SSSR count). The summed E-state index contributed by atoms with van der Waals surface area (Å²) in [6.07, 6.45) is 1.67. The molecule has 2 aromatic rings. The molecule has 0 aliphatic heterocycles. The Labute approximate surface area is 115 Å². The Morgan fingerprint density at radius 2 is 1.75 bits per heavy atom. The first-order valence-electron chi connectivity index (χ1n) is 6.56. The highest BCUT2D eigenvalue weighted by molar-refractivity contribution is 5.38. The van der Waals surface area contributed by atoms with Crippen molar-refractivity contribution in [3.8, 4) is 0 Å². The zero-order chi connectivity index (χ0) is 14.3. The normalized spacial score (nSPS) is 18.9. The molecule has 0 amide bonds. The second-order valence-electron chi connectivity index (χ2n) is 5.13. The first kappa shape index (κ1) is 13.2. The minimum atomic E-state index is -1.45. The summed E-state index contributed by atoms with van der Waals surface area (Å²) in [6.45, 7) is 0. The van der Waals surface area contributed by atoms with Crippen LogP contribution in [0, 0.1) is 17.5 Å². The predicted octanol–water partition coefficient (Wildman–Crippen LogP) is 3.83. The van der Waals surface area contributed by atoms with Gasteiger partial charge >= 0.3 is 0 Å². The van der Waals surface area contributed by atoms with Gasteiger partial charge in [0.05, 0.1) is 0 Å².